The molecule has 0 bridgehead atoms. The Balaban J connectivity index is 2.95. The van der Waals surface area contributed by atoms with E-state index in [9.17, 15) is 0 Å². The van der Waals surface area contributed by atoms with Gasteiger partial charge in [0.2, 0.25) is 0 Å². The van der Waals surface area contributed by atoms with E-state index in [2.05, 4.69) is 11.1 Å². The van der Waals surface area contributed by atoms with Gasteiger partial charge in [0.25, 0.3) is 0 Å². The topological polar surface area (TPSA) is 62.7 Å². The molecule has 1 aromatic rings. The van der Waals surface area contributed by atoms with E-state index in [1.807, 2.05) is 19.1 Å². The van der Waals surface area contributed by atoms with Gasteiger partial charge in [0.05, 0.1) is 17.7 Å². The van der Waals surface area contributed by atoms with E-state index >= 15 is 0 Å². The molecule has 3 nitrogen and oxygen atoms in total. The molecule has 1 atom stereocenters. The van der Waals surface area contributed by atoms with Crippen molar-refractivity contribution in [1.29, 1.82) is 5.26 Å². The second-order valence-corrected chi connectivity index (χ2v) is 2.58. The molecule has 0 aliphatic carbocycles. The van der Waals surface area contributed by atoms with Gasteiger partial charge in [-0.2, -0.15) is 5.26 Å². The third kappa shape index (κ3) is 1.73. The highest BCUT2D eigenvalue weighted by molar-refractivity contribution is 5.31. The number of nitrogens with two attached hydrogens (primary N) is 1. The standard InChI is InChI=1S/C9H11N3/c1-2-7(6-10)8-4-3-5-9(11)12-8/h3-5,7H,2H2,1H3,(H2,11,12). The SMILES string of the molecule is CCC(C#N)c1cccc(N)n1. The van der Waals surface area contributed by atoms with E-state index in [-0.39, 0.29) is 5.92 Å². The quantitative estimate of drug-likeness (QED) is 0.717. The van der Waals surface area contributed by atoms with Crippen molar-refractivity contribution >= 4 is 5.82 Å². The summed E-state index contributed by atoms with van der Waals surface area (Å²) in [5, 5.41) is 8.74. The van der Waals surface area contributed by atoms with Crippen molar-refractivity contribution in [1.82, 2.24) is 4.98 Å². The summed E-state index contributed by atoms with van der Waals surface area (Å²) in [6.45, 7) is 1.96. The zero-order valence-electron chi connectivity index (χ0n) is 6.99. The fourth-order valence-electron chi connectivity index (χ4n) is 1.03. The maximum atomic E-state index is 8.74. The molecule has 2 N–H and O–H groups in total. The van der Waals surface area contributed by atoms with E-state index in [0.29, 0.717) is 5.82 Å². The molecular weight excluding hydrogens is 150 g/mol. The Hall–Kier alpha value is -1.56. The monoisotopic (exact) mass is 161 g/mol. The van der Waals surface area contributed by atoms with Crippen LogP contribution in [0.3, 0.4) is 0 Å². The molecule has 0 aromatic carbocycles. The predicted molar refractivity (Wildman–Crippen MR) is 47.3 cm³/mol. The van der Waals surface area contributed by atoms with Crippen LogP contribution in [0.1, 0.15) is 25.0 Å². The summed E-state index contributed by atoms with van der Waals surface area (Å²) in [7, 11) is 0. The number of pyridine rings is 1. The molecule has 0 aliphatic heterocycles. The van der Waals surface area contributed by atoms with E-state index in [1.165, 1.54) is 0 Å². The predicted octanol–water partition coefficient (Wildman–Crippen LogP) is 1.68. The minimum absolute atomic E-state index is 0.131. The van der Waals surface area contributed by atoms with Crippen LogP contribution in [0.2, 0.25) is 0 Å². The number of nitrogen functional groups attached to an aromatic ring is 1. The van der Waals surface area contributed by atoms with Gasteiger partial charge in [-0.1, -0.05) is 13.0 Å². The van der Waals surface area contributed by atoms with Crippen molar-refractivity contribution in [2.24, 2.45) is 0 Å². The van der Waals surface area contributed by atoms with Crippen molar-refractivity contribution in [2.75, 3.05) is 5.73 Å². The van der Waals surface area contributed by atoms with Crippen LogP contribution in [-0.4, -0.2) is 4.98 Å². The van der Waals surface area contributed by atoms with Crippen LogP contribution in [0, 0.1) is 11.3 Å². The Morgan fingerprint density at radius 3 is 2.92 bits per heavy atom. The molecule has 0 amide bonds. The third-order valence-corrected chi connectivity index (χ3v) is 1.71. The average Bonchev–Trinajstić information content (AvgIpc) is 2.07. The van der Waals surface area contributed by atoms with Gasteiger partial charge in [0.1, 0.15) is 5.82 Å². The number of nitriles is 1. The minimum Gasteiger partial charge on any atom is -0.384 e. The Morgan fingerprint density at radius 1 is 1.67 bits per heavy atom. The van der Waals surface area contributed by atoms with Gasteiger partial charge in [-0.25, -0.2) is 4.98 Å². The molecule has 0 spiro atoms. The molecule has 1 heterocycles. The van der Waals surface area contributed by atoms with Gasteiger partial charge in [-0.15, -0.1) is 0 Å². The maximum Gasteiger partial charge on any atom is 0.123 e. The minimum atomic E-state index is -0.131. The number of hydrogen-bond acceptors (Lipinski definition) is 3. The van der Waals surface area contributed by atoms with Crippen LogP contribution < -0.4 is 5.73 Å². The van der Waals surface area contributed by atoms with Crippen LogP contribution in [0.15, 0.2) is 18.2 Å². The number of hydrogen-bond donors (Lipinski definition) is 1. The highest BCUT2D eigenvalue weighted by Gasteiger charge is 2.08. The van der Waals surface area contributed by atoms with Gasteiger partial charge in [0, 0.05) is 0 Å². The van der Waals surface area contributed by atoms with Crippen molar-refractivity contribution in [3.05, 3.63) is 23.9 Å². The van der Waals surface area contributed by atoms with Crippen molar-refractivity contribution < 1.29 is 0 Å². The molecular formula is C9H11N3. The van der Waals surface area contributed by atoms with Crippen LogP contribution >= 0.6 is 0 Å². The van der Waals surface area contributed by atoms with E-state index in [0.717, 1.165) is 12.1 Å². The number of aromatic nitrogens is 1. The van der Waals surface area contributed by atoms with Gasteiger partial charge >= 0.3 is 0 Å². The Kier molecular flexibility index (Phi) is 2.65. The van der Waals surface area contributed by atoms with Crippen molar-refractivity contribution in [2.45, 2.75) is 19.3 Å². The normalized spacial score (nSPS) is 12.0. The van der Waals surface area contributed by atoms with Crippen LogP contribution in [0.25, 0.3) is 0 Å². The summed E-state index contributed by atoms with van der Waals surface area (Å²) >= 11 is 0. The maximum absolute atomic E-state index is 8.74. The first-order valence-corrected chi connectivity index (χ1v) is 3.90. The lowest BCUT2D eigenvalue weighted by molar-refractivity contribution is 0.789. The lowest BCUT2D eigenvalue weighted by Gasteiger charge is -2.04. The van der Waals surface area contributed by atoms with E-state index < -0.39 is 0 Å². The van der Waals surface area contributed by atoms with Crippen LogP contribution in [0.5, 0.6) is 0 Å². The highest BCUT2D eigenvalue weighted by atomic mass is 14.8. The molecule has 1 rings (SSSR count). The Bertz CT molecular complexity index is 301. The molecule has 0 fully saturated rings. The summed E-state index contributed by atoms with van der Waals surface area (Å²) in [5.41, 5.74) is 6.25. The summed E-state index contributed by atoms with van der Waals surface area (Å²) in [5.74, 6) is 0.342. The number of nitrogens with zero attached hydrogens (tertiary/aromatic N) is 2. The molecule has 0 saturated carbocycles. The molecule has 0 aliphatic rings. The average molecular weight is 161 g/mol. The molecule has 3 heteroatoms. The van der Waals surface area contributed by atoms with Gasteiger partial charge < -0.3 is 5.73 Å². The molecule has 1 unspecified atom stereocenters. The largest absolute Gasteiger partial charge is 0.384 e. The second kappa shape index (κ2) is 3.72. The van der Waals surface area contributed by atoms with Crippen LogP contribution in [0.4, 0.5) is 5.82 Å². The fourth-order valence-corrected chi connectivity index (χ4v) is 1.03. The van der Waals surface area contributed by atoms with Gasteiger partial charge in [-0.3, -0.25) is 0 Å². The van der Waals surface area contributed by atoms with Gasteiger partial charge in [-0.05, 0) is 18.6 Å². The van der Waals surface area contributed by atoms with E-state index in [1.54, 1.807) is 6.07 Å². The lowest BCUT2D eigenvalue weighted by Crippen LogP contribution is -1.99. The zero-order chi connectivity index (χ0) is 8.97. The molecule has 0 saturated heterocycles. The van der Waals surface area contributed by atoms with Crippen LogP contribution in [-0.2, 0) is 0 Å². The summed E-state index contributed by atoms with van der Waals surface area (Å²) in [4.78, 5) is 4.07. The summed E-state index contributed by atoms with van der Waals surface area (Å²) in [6, 6.07) is 7.54. The zero-order valence-corrected chi connectivity index (χ0v) is 6.99. The Morgan fingerprint density at radius 2 is 2.42 bits per heavy atom. The first-order valence-electron chi connectivity index (χ1n) is 3.90. The summed E-state index contributed by atoms with van der Waals surface area (Å²) in [6.07, 6.45) is 0.771. The number of anilines is 1. The summed E-state index contributed by atoms with van der Waals surface area (Å²) < 4.78 is 0. The molecule has 62 valence electrons. The van der Waals surface area contributed by atoms with Gasteiger partial charge in [0.15, 0.2) is 0 Å². The fraction of sp³-hybridized carbons (Fsp3) is 0.333. The van der Waals surface area contributed by atoms with Crippen molar-refractivity contribution in [3.8, 4) is 6.07 Å². The molecule has 1 aromatic heterocycles. The molecule has 0 radical (unpaired) electrons. The first-order chi connectivity index (χ1) is 5.77. The number of rotatable bonds is 2. The van der Waals surface area contributed by atoms with Crippen molar-refractivity contribution in [3.63, 3.8) is 0 Å². The highest BCUT2D eigenvalue weighted by Crippen LogP contribution is 2.16. The van der Waals surface area contributed by atoms with E-state index in [4.69, 9.17) is 11.0 Å². The molecule has 12 heavy (non-hydrogen) atoms. The lowest BCUT2D eigenvalue weighted by atomic mass is 10.0. The smallest absolute Gasteiger partial charge is 0.123 e. The first kappa shape index (κ1) is 8.54. The third-order valence-electron chi connectivity index (χ3n) is 1.71. The Labute approximate surface area is 71.8 Å². The second-order valence-electron chi connectivity index (χ2n) is 2.58.